The van der Waals surface area contributed by atoms with Gasteiger partial charge < -0.3 is 5.32 Å². The first kappa shape index (κ1) is 13.1. The number of nitrogens with zero attached hydrogens (tertiary/aromatic N) is 2. The van der Waals surface area contributed by atoms with Gasteiger partial charge in [-0.15, -0.1) is 0 Å². The monoisotopic (exact) mass is 267 g/mol. The molecule has 18 heavy (non-hydrogen) atoms. The van der Waals surface area contributed by atoms with Gasteiger partial charge in [0.25, 0.3) is 0 Å². The van der Waals surface area contributed by atoms with E-state index in [-0.39, 0.29) is 5.82 Å². The molecule has 0 fully saturated rings. The van der Waals surface area contributed by atoms with Crippen LogP contribution in [0.4, 0.5) is 4.39 Å². The number of aromatic nitrogens is 2. The van der Waals surface area contributed by atoms with Crippen molar-refractivity contribution >= 4 is 11.6 Å². The molecule has 0 radical (unpaired) electrons. The Bertz CT molecular complexity index is 578. The van der Waals surface area contributed by atoms with E-state index in [9.17, 15) is 4.39 Å². The third-order valence-corrected chi connectivity index (χ3v) is 3.15. The van der Waals surface area contributed by atoms with E-state index in [4.69, 9.17) is 11.6 Å². The molecule has 0 saturated heterocycles. The minimum absolute atomic E-state index is 0.290. The summed E-state index contributed by atoms with van der Waals surface area (Å²) in [6, 6.07) is 4.55. The number of halogens is 2. The third-order valence-electron chi connectivity index (χ3n) is 2.91. The van der Waals surface area contributed by atoms with Gasteiger partial charge in [0.05, 0.1) is 11.4 Å². The molecular formula is C13H15ClFN3. The summed E-state index contributed by atoms with van der Waals surface area (Å²) in [5.41, 5.74) is 3.12. The first-order valence-corrected chi connectivity index (χ1v) is 6.05. The first-order valence-electron chi connectivity index (χ1n) is 5.67. The summed E-state index contributed by atoms with van der Waals surface area (Å²) < 4.78 is 15.6. The van der Waals surface area contributed by atoms with Crippen LogP contribution in [0.15, 0.2) is 18.2 Å². The normalized spacial score (nSPS) is 10.9. The van der Waals surface area contributed by atoms with Gasteiger partial charge in [0.2, 0.25) is 0 Å². The molecular weight excluding hydrogens is 253 g/mol. The smallest absolute Gasteiger partial charge is 0.132 e. The van der Waals surface area contributed by atoms with Crippen molar-refractivity contribution in [3.63, 3.8) is 0 Å². The molecule has 0 aliphatic rings. The zero-order chi connectivity index (χ0) is 13.3. The van der Waals surface area contributed by atoms with Gasteiger partial charge in [0.15, 0.2) is 0 Å². The second kappa shape index (κ2) is 5.08. The minimum Gasteiger partial charge on any atom is -0.314 e. The molecule has 0 bridgehead atoms. The van der Waals surface area contributed by atoms with Gasteiger partial charge in [-0.2, -0.15) is 5.10 Å². The van der Waals surface area contributed by atoms with Gasteiger partial charge in [0, 0.05) is 24.2 Å². The fourth-order valence-electron chi connectivity index (χ4n) is 2.08. The summed E-state index contributed by atoms with van der Waals surface area (Å²) in [5, 5.41) is 7.95. The van der Waals surface area contributed by atoms with E-state index in [2.05, 4.69) is 10.4 Å². The molecule has 96 valence electrons. The fraction of sp³-hybridized carbons (Fsp3) is 0.308. The molecule has 3 nitrogen and oxygen atoms in total. The molecule has 0 unspecified atom stereocenters. The van der Waals surface area contributed by atoms with Crippen molar-refractivity contribution in [2.75, 3.05) is 7.05 Å². The first-order chi connectivity index (χ1) is 8.54. The highest BCUT2D eigenvalue weighted by Crippen LogP contribution is 2.29. The molecule has 1 N–H and O–H groups in total. The van der Waals surface area contributed by atoms with Gasteiger partial charge in [-0.1, -0.05) is 11.6 Å². The number of benzene rings is 1. The van der Waals surface area contributed by atoms with E-state index in [1.54, 1.807) is 16.8 Å². The van der Waals surface area contributed by atoms with Gasteiger partial charge in [0.1, 0.15) is 5.82 Å². The predicted octanol–water partition coefficient (Wildman–Crippen LogP) is 2.91. The van der Waals surface area contributed by atoms with Gasteiger partial charge in [-0.05, 0) is 37.7 Å². The summed E-state index contributed by atoms with van der Waals surface area (Å²) in [4.78, 5) is 0. The standard InChI is InChI=1S/C13H15ClFN3/c1-8-12(7-16-2)17-18(3)13(8)10-6-9(14)4-5-11(10)15/h4-6,16H,7H2,1-3H3. The van der Waals surface area contributed by atoms with Crippen LogP contribution < -0.4 is 5.32 Å². The fourth-order valence-corrected chi connectivity index (χ4v) is 2.25. The van der Waals surface area contributed by atoms with Crippen LogP contribution in [0, 0.1) is 12.7 Å². The molecule has 5 heteroatoms. The van der Waals surface area contributed by atoms with Gasteiger partial charge in [-0.25, -0.2) is 4.39 Å². The van der Waals surface area contributed by atoms with Crippen molar-refractivity contribution in [3.8, 4) is 11.3 Å². The molecule has 0 amide bonds. The summed E-state index contributed by atoms with van der Waals surface area (Å²) >= 11 is 5.93. The Morgan fingerprint density at radius 2 is 2.17 bits per heavy atom. The van der Waals surface area contributed by atoms with Crippen molar-refractivity contribution < 1.29 is 4.39 Å². The Balaban J connectivity index is 2.60. The second-order valence-electron chi connectivity index (χ2n) is 4.20. The maximum atomic E-state index is 13.9. The Hall–Kier alpha value is -1.39. The molecule has 0 spiro atoms. The Morgan fingerprint density at radius 3 is 2.83 bits per heavy atom. The second-order valence-corrected chi connectivity index (χ2v) is 4.63. The van der Waals surface area contributed by atoms with Crippen molar-refractivity contribution in [2.45, 2.75) is 13.5 Å². The highest BCUT2D eigenvalue weighted by atomic mass is 35.5. The molecule has 0 aliphatic heterocycles. The highest BCUT2D eigenvalue weighted by molar-refractivity contribution is 6.30. The van der Waals surface area contributed by atoms with Crippen LogP contribution in [0.2, 0.25) is 5.02 Å². The van der Waals surface area contributed by atoms with E-state index in [0.29, 0.717) is 17.1 Å². The lowest BCUT2D eigenvalue weighted by molar-refractivity contribution is 0.627. The predicted molar refractivity (Wildman–Crippen MR) is 71.1 cm³/mol. The van der Waals surface area contributed by atoms with E-state index in [1.807, 2.05) is 21.0 Å². The van der Waals surface area contributed by atoms with E-state index < -0.39 is 0 Å². The van der Waals surface area contributed by atoms with Crippen LogP contribution in [0.1, 0.15) is 11.3 Å². The molecule has 2 rings (SSSR count). The molecule has 1 aromatic heterocycles. The zero-order valence-corrected chi connectivity index (χ0v) is 11.3. The zero-order valence-electron chi connectivity index (χ0n) is 10.6. The van der Waals surface area contributed by atoms with Crippen molar-refractivity contribution in [2.24, 2.45) is 7.05 Å². The van der Waals surface area contributed by atoms with Crippen LogP contribution in [0.5, 0.6) is 0 Å². The van der Waals surface area contributed by atoms with E-state index in [0.717, 1.165) is 17.0 Å². The number of nitrogens with one attached hydrogen (secondary N) is 1. The third kappa shape index (κ3) is 2.26. The van der Waals surface area contributed by atoms with Crippen molar-refractivity contribution in [1.29, 1.82) is 0 Å². The summed E-state index contributed by atoms with van der Waals surface area (Å²) in [5.74, 6) is -0.290. The van der Waals surface area contributed by atoms with E-state index in [1.165, 1.54) is 6.07 Å². The van der Waals surface area contributed by atoms with Crippen LogP contribution >= 0.6 is 11.6 Å². The lowest BCUT2D eigenvalue weighted by Gasteiger charge is -2.06. The summed E-state index contributed by atoms with van der Waals surface area (Å²) in [6.45, 7) is 2.59. The number of hydrogen-bond acceptors (Lipinski definition) is 2. The maximum Gasteiger partial charge on any atom is 0.132 e. The SMILES string of the molecule is CNCc1nn(C)c(-c2cc(Cl)ccc2F)c1C. The Labute approximate surface area is 111 Å². The average Bonchev–Trinajstić information content (AvgIpc) is 2.59. The molecule has 0 saturated carbocycles. The van der Waals surface area contributed by atoms with Crippen LogP contribution in [-0.2, 0) is 13.6 Å². The van der Waals surface area contributed by atoms with Crippen LogP contribution in [-0.4, -0.2) is 16.8 Å². The van der Waals surface area contributed by atoms with Gasteiger partial charge >= 0.3 is 0 Å². The van der Waals surface area contributed by atoms with Crippen LogP contribution in [0.25, 0.3) is 11.3 Å². The van der Waals surface area contributed by atoms with Crippen LogP contribution in [0.3, 0.4) is 0 Å². The van der Waals surface area contributed by atoms with Gasteiger partial charge in [-0.3, -0.25) is 4.68 Å². The molecule has 2 aromatic rings. The summed E-state index contributed by atoms with van der Waals surface area (Å²) in [6.07, 6.45) is 0. The lowest BCUT2D eigenvalue weighted by atomic mass is 10.1. The lowest BCUT2D eigenvalue weighted by Crippen LogP contribution is -2.06. The average molecular weight is 268 g/mol. The number of rotatable bonds is 3. The topological polar surface area (TPSA) is 29.9 Å². The molecule has 0 atom stereocenters. The van der Waals surface area contributed by atoms with E-state index >= 15 is 0 Å². The summed E-state index contributed by atoms with van der Waals surface area (Å²) in [7, 11) is 3.66. The maximum absolute atomic E-state index is 13.9. The van der Waals surface area contributed by atoms with Crippen molar-refractivity contribution in [1.82, 2.24) is 15.1 Å². The molecule has 0 aliphatic carbocycles. The number of hydrogen-bond donors (Lipinski definition) is 1. The number of aryl methyl sites for hydroxylation is 1. The Morgan fingerprint density at radius 1 is 1.44 bits per heavy atom. The largest absolute Gasteiger partial charge is 0.314 e. The van der Waals surface area contributed by atoms with Crippen molar-refractivity contribution in [3.05, 3.63) is 40.3 Å². The Kier molecular flexibility index (Phi) is 3.68. The minimum atomic E-state index is -0.290. The molecule has 1 aromatic carbocycles. The highest BCUT2D eigenvalue weighted by Gasteiger charge is 2.16. The quantitative estimate of drug-likeness (QED) is 0.927. The molecule has 1 heterocycles.